The first-order valence-corrected chi connectivity index (χ1v) is 10.4. The summed E-state index contributed by atoms with van der Waals surface area (Å²) in [5.74, 6) is 1.07. The van der Waals surface area contributed by atoms with Gasteiger partial charge >= 0.3 is 0 Å². The fourth-order valence-electron chi connectivity index (χ4n) is 4.20. The number of benzene rings is 4. The summed E-state index contributed by atoms with van der Waals surface area (Å²) >= 11 is 0. The van der Waals surface area contributed by atoms with E-state index in [0.717, 1.165) is 27.8 Å². The van der Waals surface area contributed by atoms with E-state index >= 15 is 0 Å². The van der Waals surface area contributed by atoms with Crippen molar-refractivity contribution in [2.24, 2.45) is 0 Å². The van der Waals surface area contributed by atoms with Gasteiger partial charge in [-0.3, -0.25) is 0 Å². The first kappa shape index (κ1) is 19.8. The van der Waals surface area contributed by atoms with Crippen molar-refractivity contribution in [1.82, 2.24) is 0 Å². The fourth-order valence-corrected chi connectivity index (χ4v) is 4.20. The minimum Gasteiger partial charge on any atom is -0.508 e. The highest BCUT2D eigenvalue weighted by Gasteiger charge is 2.39. The van der Waals surface area contributed by atoms with E-state index in [4.69, 9.17) is 4.74 Å². The maximum Gasteiger partial charge on any atom is 0.135 e. The van der Waals surface area contributed by atoms with Gasteiger partial charge < -0.3 is 20.1 Å². The Labute approximate surface area is 186 Å². The molecule has 0 fully saturated rings. The number of phenolic OH excluding ortho intramolecular Hbond substituents is 3. The van der Waals surface area contributed by atoms with Gasteiger partial charge in [-0.2, -0.15) is 0 Å². The molecule has 0 unspecified atom stereocenters. The van der Waals surface area contributed by atoms with Gasteiger partial charge in [0.1, 0.15) is 29.1 Å². The Morgan fingerprint density at radius 1 is 0.625 bits per heavy atom. The van der Waals surface area contributed by atoms with E-state index in [1.807, 2.05) is 72.8 Å². The molecule has 4 nitrogen and oxygen atoms in total. The molecule has 0 saturated carbocycles. The van der Waals surface area contributed by atoms with Crippen LogP contribution in [0.5, 0.6) is 23.0 Å². The van der Waals surface area contributed by atoms with E-state index in [0.29, 0.717) is 5.75 Å². The van der Waals surface area contributed by atoms with E-state index in [1.54, 1.807) is 30.3 Å². The molecular formula is C28H22O4. The molecule has 0 bridgehead atoms. The van der Waals surface area contributed by atoms with Crippen LogP contribution in [0, 0.1) is 0 Å². The molecule has 32 heavy (non-hydrogen) atoms. The second kappa shape index (κ2) is 8.16. The lowest BCUT2D eigenvalue weighted by atomic mass is 9.84. The first-order chi connectivity index (χ1) is 15.6. The van der Waals surface area contributed by atoms with Gasteiger partial charge in [-0.05, 0) is 58.7 Å². The van der Waals surface area contributed by atoms with Crippen molar-refractivity contribution in [3.63, 3.8) is 0 Å². The average Bonchev–Trinajstić information content (AvgIpc) is 3.20. The fraction of sp³-hybridized carbons (Fsp3) is 0.0714. The van der Waals surface area contributed by atoms with E-state index in [-0.39, 0.29) is 29.3 Å². The maximum absolute atomic E-state index is 11.0. The van der Waals surface area contributed by atoms with Gasteiger partial charge in [-0.1, -0.05) is 66.7 Å². The molecule has 4 heteroatoms. The number of hydrogen-bond donors (Lipinski definition) is 3. The number of aromatic hydroxyl groups is 3. The smallest absolute Gasteiger partial charge is 0.135 e. The van der Waals surface area contributed by atoms with Crippen LogP contribution >= 0.6 is 0 Å². The van der Waals surface area contributed by atoms with Gasteiger partial charge in [0.15, 0.2) is 0 Å². The standard InChI is InChI=1S/C28H22O4/c29-22-12-8-18(9-13-22)6-7-19-16-24(31)27-25(17-19)32-28(21-10-14-23(30)15-11-21)26(27)20-4-2-1-3-5-20/h1-17,26,28-31H/b7-6+/t26-,28+/m0/s1. The van der Waals surface area contributed by atoms with Crippen molar-refractivity contribution in [2.75, 3.05) is 0 Å². The van der Waals surface area contributed by atoms with Crippen LogP contribution in [-0.2, 0) is 0 Å². The molecule has 1 heterocycles. The number of fused-ring (bicyclic) bond motifs is 1. The molecule has 1 aliphatic heterocycles. The Bertz CT molecular complexity index is 1260. The van der Waals surface area contributed by atoms with Gasteiger partial charge in [0.25, 0.3) is 0 Å². The van der Waals surface area contributed by atoms with Crippen LogP contribution < -0.4 is 4.74 Å². The van der Waals surface area contributed by atoms with Crippen LogP contribution in [-0.4, -0.2) is 15.3 Å². The molecular weight excluding hydrogens is 400 g/mol. The lowest BCUT2D eigenvalue weighted by molar-refractivity contribution is 0.222. The van der Waals surface area contributed by atoms with Gasteiger partial charge in [-0.25, -0.2) is 0 Å². The van der Waals surface area contributed by atoms with E-state index in [2.05, 4.69) is 0 Å². The number of rotatable bonds is 4. The molecule has 158 valence electrons. The predicted octanol–water partition coefficient (Wildman–Crippen LogP) is 6.24. The molecule has 2 atom stereocenters. The summed E-state index contributed by atoms with van der Waals surface area (Å²) in [4.78, 5) is 0. The summed E-state index contributed by atoms with van der Waals surface area (Å²) in [7, 11) is 0. The summed E-state index contributed by atoms with van der Waals surface area (Å²) in [6.07, 6.45) is 3.50. The zero-order valence-corrected chi connectivity index (χ0v) is 17.2. The minimum absolute atomic E-state index is 0.175. The van der Waals surface area contributed by atoms with Crippen LogP contribution in [0.1, 0.15) is 39.8 Å². The van der Waals surface area contributed by atoms with Crippen molar-refractivity contribution >= 4 is 12.2 Å². The summed E-state index contributed by atoms with van der Waals surface area (Å²) in [5.41, 5.74) is 4.48. The van der Waals surface area contributed by atoms with Crippen molar-refractivity contribution in [1.29, 1.82) is 0 Å². The van der Waals surface area contributed by atoms with E-state index in [9.17, 15) is 15.3 Å². The lowest BCUT2D eigenvalue weighted by Crippen LogP contribution is -2.11. The summed E-state index contributed by atoms with van der Waals surface area (Å²) in [6, 6.07) is 27.6. The van der Waals surface area contributed by atoms with Gasteiger partial charge in [0, 0.05) is 5.56 Å². The van der Waals surface area contributed by atoms with Crippen LogP contribution in [0.4, 0.5) is 0 Å². The predicted molar refractivity (Wildman–Crippen MR) is 125 cm³/mol. The second-order valence-corrected chi connectivity index (χ2v) is 7.90. The Hall–Kier alpha value is -4.18. The highest BCUT2D eigenvalue weighted by atomic mass is 16.5. The highest BCUT2D eigenvalue weighted by Crippen LogP contribution is 2.53. The lowest BCUT2D eigenvalue weighted by Gasteiger charge is -2.20. The average molecular weight is 422 g/mol. The zero-order valence-electron chi connectivity index (χ0n) is 17.2. The van der Waals surface area contributed by atoms with Crippen molar-refractivity contribution in [3.8, 4) is 23.0 Å². The topological polar surface area (TPSA) is 69.9 Å². The number of ether oxygens (including phenoxy) is 1. The van der Waals surface area contributed by atoms with E-state index < -0.39 is 0 Å². The minimum atomic E-state index is -0.324. The molecule has 0 aromatic heterocycles. The molecule has 0 radical (unpaired) electrons. The molecule has 3 N–H and O–H groups in total. The van der Waals surface area contributed by atoms with Crippen LogP contribution in [0.2, 0.25) is 0 Å². The van der Waals surface area contributed by atoms with Gasteiger partial charge in [0.05, 0.1) is 5.92 Å². The van der Waals surface area contributed by atoms with Crippen LogP contribution in [0.3, 0.4) is 0 Å². The molecule has 4 aromatic rings. The second-order valence-electron chi connectivity index (χ2n) is 7.90. The third-order valence-corrected chi connectivity index (χ3v) is 5.75. The summed E-state index contributed by atoms with van der Waals surface area (Å²) in [6.45, 7) is 0. The SMILES string of the molecule is Oc1ccc(/C=C/c2cc(O)c3c(c2)O[C@H](c2ccc(O)cc2)[C@H]3c2ccccc2)cc1. The Balaban J connectivity index is 1.55. The van der Waals surface area contributed by atoms with E-state index in [1.165, 1.54) is 0 Å². The maximum atomic E-state index is 11.0. The number of hydrogen-bond acceptors (Lipinski definition) is 4. The third kappa shape index (κ3) is 3.79. The Morgan fingerprint density at radius 2 is 1.25 bits per heavy atom. The largest absolute Gasteiger partial charge is 0.508 e. The Morgan fingerprint density at radius 3 is 1.94 bits per heavy atom. The molecule has 0 aliphatic carbocycles. The number of phenols is 3. The molecule has 1 aliphatic rings. The zero-order chi connectivity index (χ0) is 22.1. The molecule has 0 saturated heterocycles. The molecule has 4 aromatic carbocycles. The van der Waals surface area contributed by atoms with Crippen molar-refractivity contribution < 1.29 is 20.1 Å². The van der Waals surface area contributed by atoms with Gasteiger partial charge in [0.2, 0.25) is 0 Å². The quantitative estimate of drug-likeness (QED) is 0.341. The highest BCUT2D eigenvalue weighted by molar-refractivity contribution is 5.73. The monoisotopic (exact) mass is 422 g/mol. The molecule has 0 amide bonds. The molecule has 5 rings (SSSR count). The van der Waals surface area contributed by atoms with Crippen molar-refractivity contribution in [2.45, 2.75) is 12.0 Å². The van der Waals surface area contributed by atoms with Crippen LogP contribution in [0.15, 0.2) is 91.0 Å². The van der Waals surface area contributed by atoms with Crippen LogP contribution in [0.25, 0.3) is 12.2 Å². The van der Waals surface area contributed by atoms with Gasteiger partial charge in [-0.15, -0.1) is 0 Å². The van der Waals surface area contributed by atoms with Crippen molar-refractivity contribution in [3.05, 3.63) is 119 Å². The summed E-state index contributed by atoms with van der Waals surface area (Å²) in [5, 5.41) is 30.2. The first-order valence-electron chi connectivity index (χ1n) is 10.4. The summed E-state index contributed by atoms with van der Waals surface area (Å²) < 4.78 is 6.38. The third-order valence-electron chi connectivity index (χ3n) is 5.75. The molecule has 0 spiro atoms. The Kier molecular flexibility index (Phi) is 5.04. The normalized spacial score (nSPS) is 17.2.